The molecule has 1 aliphatic rings. The first-order valence-electron chi connectivity index (χ1n) is 4.10. The highest BCUT2D eigenvalue weighted by molar-refractivity contribution is 6.18. The fourth-order valence-electron chi connectivity index (χ4n) is 1.43. The van der Waals surface area contributed by atoms with Crippen LogP contribution in [0.3, 0.4) is 0 Å². The van der Waals surface area contributed by atoms with Gasteiger partial charge in [0.15, 0.2) is 5.78 Å². The Morgan fingerprint density at radius 3 is 2.85 bits per heavy atom. The van der Waals surface area contributed by atoms with Crippen molar-refractivity contribution in [3.8, 4) is 0 Å². The van der Waals surface area contributed by atoms with Crippen LogP contribution in [-0.4, -0.2) is 11.7 Å². The third-order valence-corrected chi connectivity index (χ3v) is 2.07. The van der Waals surface area contributed by atoms with Crippen molar-refractivity contribution in [3.63, 3.8) is 0 Å². The molecule has 2 rings (SSSR count). The van der Waals surface area contributed by atoms with Gasteiger partial charge in [0.2, 0.25) is 5.91 Å². The summed E-state index contributed by atoms with van der Waals surface area (Å²) in [6.45, 7) is 1.92. The zero-order valence-electron chi connectivity index (χ0n) is 7.26. The molecule has 0 radical (unpaired) electrons. The maximum Gasteiger partial charge on any atom is 0.232 e. The standard InChI is InChI=1S/C10H9NO2/c1-6-2-3-8-7(4-6)9(12)5-10(13)11-8/h2-4H,5H2,1H3,(H,11,13). The third kappa shape index (κ3) is 1.33. The number of fused-ring (bicyclic) bond motifs is 1. The van der Waals surface area contributed by atoms with Crippen molar-refractivity contribution < 1.29 is 9.59 Å². The number of hydrogen-bond donors (Lipinski definition) is 1. The molecule has 1 heterocycles. The molecule has 1 N–H and O–H groups in total. The summed E-state index contributed by atoms with van der Waals surface area (Å²) in [5.41, 5.74) is 2.29. The molecule has 3 nitrogen and oxygen atoms in total. The van der Waals surface area contributed by atoms with E-state index >= 15 is 0 Å². The summed E-state index contributed by atoms with van der Waals surface area (Å²) < 4.78 is 0. The van der Waals surface area contributed by atoms with Crippen LogP contribution in [0.5, 0.6) is 0 Å². The highest BCUT2D eigenvalue weighted by atomic mass is 16.2. The van der Waals surface area contributed by atoms with Gasteiger partial charge in [-0.2, -0.15) is 0 Å². The van der Waals surface area contributed by atoms with Crippen molar-refractivity contribution in [2.24, 2.45) is 0 Å². The van der Waals surface area contributed by atoms with E-state index in [1.165, 1.54) is 0 Å². The van der Waals surface area contributed by atoms with Crippen LogP contribution in [0.4, 0.5) is 5.69 Å². The minimum absolute atomic E-state index is 0.0313. The van der Waals surface area contributed by atoms with Crippen LogP contribution in [0, 0.1) is 6.92 Å². The summed E-state index contributed by atoms with van der Waals surface area (Å²) in [5, 5.41) is 2.66. The van der Waals surface area contributed by atoms with E-state index in [-0.39, 0.29) is 18.1 Å². The fourth-order valence-corrected chi connectivity index (χ4v) is 1.43. The molecule has 1 aromatic rings. The number of ketones is 1. The van der Waals surface area contributed by atoms with Crippen LogP contribution in [0.15, 0.2) is 18.2 Å². The van der Waals surface area contributed by atoms with Gasteiger partial charge < -0.3 is 5.32 Å². The second-order valence-electron chi connectivity index (χ2n) is 3.20. The van der Waals surface area contributed by atoms with Crippen LogP contribution < -0.4 is 5.32 Å². The van der Waals surface area contributed by atoms with E-state index < -0.39 is 0 Å². The van der Waals surface area contributed by atoms with Gasteiger partial charge in [-0.25, -0.2) is 0 Å². The Kier molecular flexibility index (Phi) is 1.65. The van der Waals surface area contributed by atoms with Gasteiger partial charge in [0.1, 0.15) is 0 Å². The molecule has 13 heavy (non-hydrogen) atoms. The second kappa shape index (κ2) is 2.69. The highest BCUT2D eigenvalue weighted by Gasteiger charge is 2.21. The van der Waals surface area contributed by atoms with Crippen LogP contribution >= 0.6 is 0 Å². The SMILES string of the molecule is Cc1ccc2c(c1)C(=O)CC(=O)N2. The van der Waals surface area contributed by atoms with E-state index in [0.717, 1.165) is 5.56 Å². The minimum atomic E-state index is -0.221. The molecule has 0 atom stereocenters. The molecule has 0 spiro atoms. The van der Waals surface area contributed by atoms with E-state index in [0.29, 0.717) is 11.3 Å². The van der Waals surface area contributed by atoms with Gasteiger partial charge in [-0.3, -0.25) is 9.59 Å². The zero-order valence-corrected chi connectivity index (χ0v) is 7.26. The van der Waals surface area contributed by atoms with E-state index in [1.807, 2.05) is 13.0 Å². The van der Waals surface area contributed by atoms with Gasteiger partial charge in [-0.15, -0.1) is 0 Å². The number of benzene rings is 1. The first kappa shape index (κ1) is 7.98. The molecular formula is C10H9NO2. The van der Waals surface area contributed by atoms with Gasteiger partial charge in [-0.05, 0) is 19.1 Å². The maximum absolute atomic E-state index is 11.4. The Hall–Kier alpha value is -1.64. The van der Waals surface area contributed by atoms with Crippen LogP contribution in [0.2, 0.25) is 0 Å². The Morgan fingerprint density at radius 2 is 2.08 bits per heavy atom. The molecule has 0 aliphatic carbocycles. The number of nitrogens with one attached hydrogen (secondary N) is 1. The molecule has 0 unspecified atom stereocenters. The number of Topliss-reactive ketones (excluding diaryl/α,β-unsaturated/α-hetero) is 1. The van der Waals surface area contributed by atoms with Crippen LogP contribution in [0.25, 0.3) is 0 Å². The maximum atomic E-state index is 11.4. The molecule has 0 saturated carbocycles. The summed E-state index contributed by atoms with van der Waals surface area (Å²) in [6, 6.07) is 5.44. The van der Waals surface area contributed by atoms with Gasteiger partial charge in [0.25, 0.3) is 0 Å². The zero-order chi connectivity index (χ0) is 9.42. The van der Waals surface area contributed by atoms with Crippen molar-refractivity contribution >= 4 is 17.4 Å². The van der Waals surface area contributed by atoms with Crippen LogP contribution in [-0.2, 0) is 4.79 Å². The fraction of sp³-hybridized carbons (Fsp3) is 0.200. The Bertz CT molecular complexity index is 396. The van der Waals surface area contributed by atoms with Crippen molar-refractivity contribution in [2.45, 2.75) is 13.3 Å². The quantitative estimate of drug-likeness (QED) is 0.607. The predicted octanol–water partition coefficient (Wildman–Crippen LogP) is 1.52. The number of carbonyl (C=O) groups excluding carboxylic acids is 2. The summed E-state index contributed by atoms with van der Waals surface area (Å²) in [5.74, 6) is -0.316. The average molecular weight is 175 g/mol. The van der Waals surface area contributed by atoms with Crippen molar-refractivity contribution in [2.75, 3.05) is 5.32 Å². The lowest BCUT2D eigenvalue weighted by atomic mass is 10.00. The number of hydrogen-bond acceptors (Lipinski definition) is 2. The molecule has 0 saturated heterocycles. The smallest absolute Gasteiger partial charge is 0.232 e. The summed E-state index contributed by atoms with van der Waals surface area (Å²) >= 11 is 0. The predicted molar refractivity (Wildman–Crippen MR) is 48.8 cm³/mol. The third-order valence-electron chi connectivity index (χ3n) is 2.07. The molecule has 1 aliphatic heterocycles. The molecule has 3 heteroatoms. The normalized spacial score (nSPS) is 15.2. The lowest BCUT2D eigenvalue weighted by Crippen LogP contribution is -2.23. The Labute approximate surface area is 75.8 Å². The van der Waals surface area contributed by atoms with Gasteiger partial charge in [0.05, 0.1) is 12.1 Å². The molecule has 1 amide bonds. The summed E-state index contributed by atoms with van der Waals surface area (Å²) in [6.07, 6.45) is -0.0313. The molecule has 66 valence electrons. The molecule has 0 fully saturated rings. The lowest BCUT2D eigenvalue weighted by molar-refractivity contribution is -0.115. The molecular weight excluding hydrogens is 166 g/mol. The monoisotopic (exact) mass is 175 g/mol. The molecule has 0 bridgehead atoms. The topological polar surface area (TPSA) is 46.2 Å². The first-order valence-corrected chi connectivity index (χ1v) is 4.10. The Morgan fingerprint density at radius 1 is 1.31 bits per heavy atom. The van der Waals surface area contributed by atoms with Crippen molar-refractivity contribution in [3.05, 3.63) is 29.3 Å². The van der Waals surface area contributed by atoms with Crippen molar-refractivity contribution in [1.29, 1.82) is 0 Å². The summed E-state index contributed by atoms with van der Waals surface area (Å²) in [4.78, 5) is 22.4. The molecule has 1 aromatic carbocycles. The number of carbonyl (C=O) groups is 2. The minimum Gasteiger partial charge on any atom is -0.325 e. The van der Waals surface area contributed by atoms with E-state index in [9.17, 15) is 9.59 Å². The lowest BCUT2D eigenvalue weighted by Gasteiger charge is -2.15. The van der Waals surface area contributed by atoms with Gasteiger partial charge >= 0.3 is 0 Å². The molecule has 0 aromatic heterocycles. The Balaban J connectivity index is 2.55. The highest BCUT2D eigenvalue weighted by Crippen LogP contribution is 2.22. The van der Waals surface area contributed by atoms with Gasteiger partial charge in [-0.1, -0.05) is 11.6 Å². The van der Waals surface area contributed by atoms with Crippen LogP contribution in [0.1, 0.15) is 22.3 Å². The number of anilines is 1. The number of aryl methyl sites for hydroxylation is 1. The number of amides is 1. The van der Waals surface area contributed by atoms with E-state index in [4.69, 9.17) is 0 Å². The van der Waals surface area contributed by atoms with Gasteiger partial charge in [0, 0.05) is 5.56 Å². The summed E-state index contributed by atoms with van der Waals surface area (Å²) in [7, 11) is 0. The van der Waals surface area contributed by atoms with E-state index in [2.05, 4.69) is 5.32 Å². The van der Waals surface area contributed by atoms with E-state index in [1.54, 1.807) is 12.1 Å². The second-order valence-corrected chi connectivity index (χ2v) is 3.20. The first-order chi connectivity index (χ1) is 6.16. The number of rotatable bonds is 0. The largest absolute Gasteiger partial charge is 0.325 e. The van der Waals surface area contributed by atoms with Crippen molar-refractivity contribution in [1.82, 2.24) is 0 Å². The average Bonchev–Trinajstić information content (AvgIpc) is 2.06.